The highest BCUT2D eigenvalue weighted by Gasteiger charge is 2.18. The fraction of sp³-hybridized carbons (Fsp3) is 0.375. The van der Waals surface area contributed by atoms with Crippen LogP contribution in [-0.4, -0.2) is 24.3 Å². The Balaban J connectivity index is 2.18. The second-order valence-corrected chi connectivity index (χ2v) is 10.6. The van der Waals surface area contributed by atoms with Crippen molar-refractivity contribution in [1.82, 2.24) is 9.78 Å². The third-order valence-corrected chi connectivity index (χ3v) is 3.71. The highest BCUT2D eigenvalue weighted by molar-refractivity contribution is 6.70. The molecule has 0 amide bonds. The van der Waals surface area contributed by atoms with E-state index in [0.717, 1.165) is 22.7 Å². The van der Waals surface area contributed by atoms with Gasteiger partial charge in [0.15, 0.2) is 0 Å². The Bertz CT molecular complexity index is 641. The molecule has 5 heteroatoms. The number of hydrogen-bond donors (Lipinski definition) is 0. The molecule has 0 saturated heterocycles. The predicted octanol–water partition coefficient (Wildman–Crippen LogP) is 4.12. The van der Waals surface area contributed by atoms with E-state index in [2.05, 4.69) is 42.7 Å². The van der Waals surface area contributed by atoms with Gasteiger partial charge in [0.25, 0.3) is 0 Å². The van der Waals surface area contributed by atoms with Gasteiger partial charge in [-0.05, 0) is 51.2 Å². The SMILES string of the molecule is Cc1ccn(CC=Nc2c(C)cccc2O[Si](C)(C)C)n1. The van der Waals surface area contributed by atoms with E-state index in [1.807, 2.05) is 42.2 Å². The van der Waals surface area contributed by atoms with Crippen molar-refractivity contribution in [1.29, 1.82) is 0 Å². The molecule has 0 bridgehead atoms. The molecule has 0 aliphatic carbocycles. The minimum Gasteiger partial charge on any atom is -0.543 e. The van der Waals surface area contributed by atoms with E-state index >= 15 is 0 Å². The lowest BCUT2D eigenvalue weighted by molar-refractivity contribution is 0.558. The molecule has 0 atom stereocenters. The zero-order valence-electron chi connectivity index (χ0n) is 13.4. The summed E-state index contributed by atoms with van der Waals surface area (Å²) < 4.78 is 7.99. The Labute approximate surface area is 127 Å². The summed E-state index contributed by atoms with van der Waals surface area (Å²) in [4.78, 5) is 4.61. The van der Waals surface area contributed by atoms with Gasteiger partial charge >= 0.3 is 0 Å². The van der Waals surface area contributed by atoms with Crippen molar-refractivity contribution in [3.8, 4) is 5.75 Å². The van der Waals surface area contributed by atoms with Crippen LogP contribution in [0.25, 0.3) is 0 Å². The number of hydrogen-bond acceptors (Lipinski definition) is 3. The van der Waals surface area contributed by atoms with Crippen molar-refractivity contribution >= 4 is 20.2 Å². The van der Waals surface area contributed by atoms with E-state index in [-0.39, 0.29) is 0 Å². The van der Waals surface area contributed by atoms with Gasteiger partial charge < -0.3 is 4.43 Å². The quantitative estimate of drug-likeness (QED) is 0.615. The molecule has 0 radical (unpaired) electrons. The van der Waals surface area contributed by atoms with Crippen LogP contribution in [0, 0.1) is 13.8 Å². The summed E-state index contributed by atoms with van der Waals surface area (Å²) in [6.07, 6.45) is 3.84. The molecule has 2 rings (SSSR count). The standard InChI is InChI=1S/C16H23N3OSi/c1-13-7-6-8-15(20-21(3,4)5)16(13)17-10-12-19-11-9-14(2)18-19/h6-11H,12H2,1-5H3. The molecule has 0 aliphatic heterocycles. The maximum absolute atomic E-state index is 6.12. The first kappa shape index (κ1) is 15.5. The second-order valence-electron chi connectivity index (χ2n) is 6.13. The van der Waals surface area contributed by atoms with Crippen LogP contribution >= 0.6 is 0 Å². The molecular formula is C16H23N3OSi. The minimum absolute atomic E-state index is 0.661. The van der Waals surface area contributed by atoms with Crippen LogP contribution < -0.4 is 4.43 Å². The molecule has 1 aromatic heterocycles. The maximum atomic E-state index is 6.12. The highest BCUT2D eigenvalue weighted by Crippen LogP contribution is 2.32. The first-order chi connectivity index (χ1) is 9.85. The van der Waals surface area contributed by atoms with Crippen LogP contribution in [0.2, 0.25) is 19.6 Å². The Morgan fingerprint density at radius 1 is 1.24 bits per heavy atom. The second kappa shape index (κ2) is 6.26. The maximum Gasteiger partial charge on any atom is 0.242 e. The number of aliphatic imine (C=N–C) groups is 1. The van der Waals surface area contributed by atoms with E-state index in [1.165, 1.54) is 0 Å². The lowest BCUT2D eigenvalue weighted by Crippen LogP contribution is -2.29. The topological polar surface area (TPSA) is 39.4 Å². The van der Waals surface area contributed by atoms with E-state index < -0.39 is 8.32 Å². The fourth-order valence-electron chi connectivity index (χ4n) is 1.99. The van der Waals surface area contributed by atoms with Crippen LogP contribution in [0.5, 0.6) is 5.75 Å². The van der Waals surface area contributed by atoms with Gasteiger partial charge in [-0.15, -0.1) is 0 Å². The van der Waals surface area contributed by atoms with Crippen LogP contribution in [0.4, 0.5) is 5.69 Å². The van der Waals surface area contributed by atoms with Crippen molar-refractivity contribution in [2.24, 2.45) is 4.99 Å². The molecule has 2 aromatic rings. The number of benzene rings is 1. The summed E-state index contributed by atoms with van der Waals surface area (Å²) >= 11 is 0. The summed E-state index contributed by atoms with van der Waals surface area (Å²) in [6.45, 7) is 11.2. The fourth-order valence-corrected chi connectivity index (χ4v) is 2.81. The molecule has 21 heavy (non-hydrogen) atoms. The van der Waals surface area contributed by atoms with E-state index in [4.69, 9.17) is 4.43 Å². The summed E-state index contributed by atoms with van der Waals surface area (Å²) in [6, 6.07) is 8.06. The number of rotatable bonds is 5. The Hall–Kier alpha value is -1.88. The van der Waals surface area contributed by atoms with Crippen LogP contribution in [0.15, 0.2) is 35.5 Å². The minimum atomic E-state index is -1.64. The molecule has 0 spiro atoms. The zero-order valence-corrected chi connectivity index (χ0v) is 14.4. The summed E-state index contributed by atoms with van der Waals surface area (Å²) in [5.74, 6) is 0.877. The zero-order chi connectivity index (χ0) is 15.5. The Kier molecular flexibility index (Phi) is 4.62. The number of para-hydroxylation sites is 1. The van der Waals surface area contributed by atoms with Crippen molar-refractivity contribution in [2.75, 3.05) is 0 Å². The normalized spacial score (nSPS) is 12.0. The van der Waals surface area contributed by atoms with Crippen molar-refractivity contribution in [3.05, 3.63) is 41.7 Å². The summed E-state index contributed by atoms with van der Waals surface area (Å²) in [5.41, 5.74) is 3.06. The molecular weight excluding hydrogens is 278 g/mol. The van der Waals surface area contributed by atoms with Gasteiger partial charge in [0, 0.05) is 12.4 Å². The third-order valence-electron chi connectivity index (χ3n) is 2.88. The van der Waals surface area contributed by atoms with E-state index in [9.17, 15) is 0 Å². The van der Waals surface area contributed by atoms with Crippen LogP contribution in [-0.2, 0) is 6.54 Å². The first-order valence-corrected chi connectivity index (χ1v) is 10.6. The number of aryl methyl sites for hydroxylation is 2. The van der Waals surface area contributed by atoms with E-state index in [1.54, 1.807) is 0 Å². The van der Waals surface area contributed by atoms with Gasteiger partial charge in [0.05, 0.1) is 12.2 Å². The lowest BCUT2D eigenvalue weighted by Gasteiger charge is -2.21. The van der Waals surface area contributed by atoms with Crippen LogP contribution in [0.3, 0.4) is 0 Å². The van der Waals surface area contributed by atoms with Gasteiger partial charge in [-0.3, -0.25) is 9.67 Å². The van der Waals surface area contributed by atoms with Crippen molar-refractivity contribution in [2.45, 2.75) is 40.0 Å². The van der Waals surface area contributed by atoms with E-state index in [0.29, 0.717) is 6.54 Å². The van der Waals surface area contributed by atoms with Gasteiger partial charge in [-0.2, -0.15) is 5.10 Å². The molecule has 0 saturated carbocycles. The number of aromatic nitrogens is 2. The molecule has 1 heterocycles. The lowest BCUT2D eigenvalue weighted by atomic mass is 10.2. The summed E-state index contributed by atoms with van der Waals surface area (Å²) in [5, 5.41) is 4.35. The molecule has 4 nitrogen and oxygen atoms in total. The monoisotopic (exact) mass is 301 g/mol. The predicted molar refractivity (Wildman–Crippen MR) is 90.3 cm³/mol. The largest absolute Gasteiger partial charge is 0.543 e. The van der Waals surface area contributed by atoms with Gasteiger partial charge in [0.2, 0.25) is 8.32 Å². The first-order valence-electron chi connectivity index (χ1n) is 7.16. The average molecular weight is 301 g/mol. The molecule has 0 fully saturated rings. The molecule has 1 aromatic carbocycles. The molecule has 0 N–H and O–H groups in total. The third kappa shape index (κ3) is 4.56. The summed E-state index contributed by atoms with van der Waals surface area (Å²) in [7, 11) is -1.64. The van der Waals surface area contributed by atoms with Gasteiger partial charge in [-0.1, -0.05) is 12.1 Å². The van der Waals surface area contributed by atoms with Gasteiger partial charge in [0.1, 0.15) is 11.4 Å². The number of nitrogens with zero attached hydrogens (tertiary/aromatic N) is 3. The Morgan fingerprint density at radius 2 is 2.00 bits per heavy atom. The molecule has 112 valence electrons. The molecule has 0 aliphatic rings. The average Bonchev–Trinajstić information content (AvgIpc) is 2.77. The van der Waals surface area contributed by atoms with Crippen molar-refractivity contribution < 1.29 is 4.43 Å². The van der Waals surface area contributed by atoms with Crippen LogP contribution in [0.1, 0.15) is 11.3 Å². The highest BCUT2D eigenvalue weighted by atomic mass is 28.4. The molecule has 0 unspecified atom stereocenters. The van der Waals surface area contributed by atoms with Crippen molar-refractivity contribution in [3.63, 3.8) is 0 Å². The smallest absolute Gasteiger partial charge is 0.242 e. The Morgan fingerprint density at radius 3 is 2.62 bits per heavy atom. The van der Waals surface area contributed by atoms with Gasteiger partial charge in [-0.25, -0.2) is 0 Å².